The summed E-state index contributed by atoms with van der Waals surface area (Å²) in [7, 11) is 4.52. The van der Waals surface area contributed by atoms with Crippen molar-refractivity contribution < 1.29 is 32.9 Å². The molecule has 4 rings (SSSR count). The fourth-order valence-corrected chi connectivity index (χ4v) is 4.00. The molecule has 188 valence electrons. The van der Waals surface area contributed by atoms with Crippen LogP contribution in [0, 0.1) is 11.7 Å². The second-order valence-electron chi connectivity index (χ2n) is 8.21. The van der Waals surface area contributed by atoms with Gasteiger partial charge in [-0.3, -0.25) is 9.59 Å². The topological polar surface area (TPSA) is 86.3 Å². The Morgan fingerprint density at radius 1 is 0.944 bits per heavy atom. The minimum Gasteiger partial charge on any atom is -0.493 e. The van der Waals surface area contributed by atoms with Gasteiger partial charge >= 0.3 is 0 Å². The van der Waals surface area contributed by atoms with Crippen LogP contribution in [0.2, 0.25) is 0 Å². The molecule has 3 aromatic rings. The molecule has 1 N–H and O–H groups in total. The average molecular weight is 495 g/mol. The molecule has 8 nitrogen and oxygen atoms in total. The molecule has 0 radical (unpaired) electrons. The number of ether oxygens (including phenoxy) is 4. The first-order valence-electron chi connectivity index (χ1n) is 11.3. The molecule has 1 unspecified atom stereocenters. The van der Waals surface area contributed by atoms with Crippen LogP contribution >= 0.6 is 0 Å². The highest BCUT2D eigenvalue weighted by Gasteiger charge is 2.36. The lowest BCUT2D eigenvalue weighted by molar-refractivity contribution is -0.126. The predicted molar refractivity (Wildman–Crippen MR) is 131 cm³/mol. The van der Waals surface area contributed by atoms with Crippen LogP contribution in [0.1, 0.15) is 12.0 Å². The Kier molecular flexibility index (Phi) is 7.58. The lowest BCUT2D eigenvalue weighted by Crippen LogP contribution is -2.32. The highest BCUT2D eigenvalue weighted by atomic mass is 19.1. The fraction of sp³-hybridized carbons (Fsp3) is 0.259. The Morgan fingerprint density at radius 3 is 2.08 bits per heavy atom. The number of halogens is 1. The summed E-state index contributed by atoms with van der Waals surface area (Å²) in [6.07, 6.45) is 0.104. The Bertz CT molecular complexity index is 1210. The molecule has 1 aliphatic rings. The van der Waals surface area contributed by atoms with Crippen molar-refractivity contribution in [3.8, 4) is 28.7 Å². The first-order valence-corrected chi connectivity index (χ1v) is 11.3. The largest absolute Gasteiger partial charge is 0.493 e. The van der Waals surface area contributed by atoms with Crippen molar-refractivity contribution in [2.75, 3.05) is 32.8 Å². The van der Waals surface area contributed by atoms with E-state index in [9.17, 15) is 14.0 Å². The van der Waals surface area contributed by atoms with Gasteiger partial charge in [0, 0.05) is 31.6 Å². The molecule has 0 spiro atoms. The number of anilines is 1. The lowest BCUT2D eigenvalue weighted by atomic mass is 10.1. The number of methoxy groups -OCH3 is 3. The highest BCUT2D eigenvalue weighted by Crippen LogP contribution is 2.42. The van der Waals surface area contributed by atoms with Gasteiger partial charge in [-0.1, -0.05) is 12.1 Å². The third-order valence-electron chi connectivity index (χ3n) is 5.90. The molecule has 36 heavy (non-hydrogen) atoms. The van der Waals surface area contributed by atoms with E-state index < -0.39 is 5.92 Å². The number of rotatable bonds is 9. The molecule has 0 aliphatic carbocycles. The first kappa shape index (κ1) is 24.8. The van der Waals surface area contributed by atoms with Crippen molar-refractivity contribution in [2.24, 2.45) is 5.92 Å². The van der Waals surface area contributed by atoms with E-state index in [2.05, 4.69) is 5.32 Å². The molecule has 1 fully saturated rings. The van der Waals surface area contributed by atoms with Gasteiger partial charge in [-0.2, -0.15) is 0 Å². The summed E-state index contributed by atoms with van der Waals surface area (Å²) < 4.78 is 34.8. The Morgan fingerprint density at radius 2 is 1.53 bits per heavy atom. The molecule has 1 heterocycles. The number of hydrogen-bond acceptors (Lipinski definition) is 6. The third kappa shape index (κ3) is 5.51. The quantitative estimate of drug-likeness (QED) is 0.477. The number of benzene rings is 3. The van der Waals surface area contributed by atoms with Gasteiger partial charge in [0.15, 0.2) is 11.5 Å². The predicted octanol–water partition coefficient (Wildman–Crippen LogP) is 4.31. The van der Waals surface area contributed by atoms with E-state index in [0.29, 0.717) is 41.0 Å². The van der Waals surface area contributed by atoms with E-state index in [1.54, 1.807) is 41.3 Å². The summed E-state index contributed by atoms with van der Waals surface area (Å²) >= 11 is 0. The van der Waals surface area contributed by atoms with E-state index in [1.165, 1.54) is 33.5 Å². The van der Waals surface area contributed by atoms with Crippen LogP contribution in [0.25, 0.3) is 0 Å². The summed E-state index contributed by atoms with van der Waals surface area (Å²) in [4.78, 5) is 27.1. The number of nitrogens with one attached hydrogen (secondary N) is 1. The highest BCUT2D eigenvalue weighted by molar-refractivity contribution is 6.00. The Labute approximate surface area is 208 Å². The minimum atomic E-state index is -0.488. The van der Waals surface area contributed by atoms with Gasteiger partial charge in [0.1, 0.15) is 17.3 Å². The molecule has 0 saturated carbocycles. The summed E-state index contributed by atoms with van der Waals surface area (Å²) in [6.45, 7) is 0.554. The van der Waals surface area contributed by atoms with Gasteiger partial charge < -0.3 is 29.2 Å². The molecule has 1 saturated heterocycles. The Balaban J connectivity index is 1.35. The zero-order valence-electron chi connectivity index (χ0n) is 20.2. The molecule has 2 amide bonds. The zero-order valence-corrected chi connectivity index (χ0v) is 20.2. The molecule has 3 aromatic carbocycles. The summed E-state index contributed by atoms with van der Waals surface area (Å²) in [6, 6.07) is 16.4. The van der Waals surface area contributed by atoms with E-state index in [0.717, 1.165) is 5.56 Å². The summed E-state index contributed by atoms with van der Waals surface area (Å²) in [5.74, 6) is 1.23. The van der Waals surface area contributed by atoms with Gasteiger partial charge in [0.2, 0.25) is 17.6 Å². The molecule has 0 aromatic heterocycles. The van der Waals surface area contributed by atoms with Gasteiger partial charge in [0.25, 0.3) is 0 Å². The van der Waals surface area contributed by atoms with Crippen molar-refractivity contribution in [1.82, 2.24) is 5.32 Å². The summed E-state index contributed by atoms with van der Waals surface area (Å²) in [5, 5.41) is 2.90. The normalized spacial score (nSPS) is 14.9. The molecule has 9 heteroatoms. The third-order valence-corrected chi connectivity index (χ3v) is 5.90. The van der Waals surface area contributed by atoms with Gasteiger partial charge in [-0.05, 0) is 42.0 Å². The maximum absolute atomic E-state index is 13.0. The Hall–Kier alpha value is -4.27. The second kappa shape index (κ2) is 11.0. The minimum absolute atomic E-state index is 0.104. The fourth-order valence-electron chi connectivity index (χ4n) is 4.00. The van der Waals surface area contributed by atoms with Crippen molar-refractivity contribution in [1.29, 1.82) is 0 Å². The van der Waals surface area contributed by atoms with Gasteiger partial charge in [0.05, 0.1) is 32.9 Å². The number of nitrogens with zero attached hydrogens (tertiary/aromatic N) is 1. The molecule has 0 bridgehead atoms. The number of carbonyl (C=O) groups is 2. The van der Waals surface area contributed by atoms with Crippen LogP contribution in [-0.2, 0) is 16.1 Å². The van der Waals surface area contributed by atoms with E-state index >= 15 is 0 Å². The van der Waals surface area contributed by atoms with Crippen LogP contribution in [0.3, 0.4) is 0 Å². The van der Waals surface area contributed by atoms with Crippen LogP contribution in [0.5, 0.6) is 28.7 Å². The zero-order chi connectivity index (χ0) is 25.7. The van der Waals surface area contributed by atoms with Crippen LogP contribution < -0.4 is 29.2 Å². The van der Waals surface area contributed by atoms with E-state index in [4.69, 9.17) is 18.9 Å². The standard InChI is InChI=1S/C27H27FN2O6/c1-33-23-13-20(14-24(34-2)26(23)35-3)30-16-18(12-25(30)31)27(32)29-15-17-4-8-21(9-5-17)36-22-10-6-19(28)7-11-22/h4-11,13-14,18H,12,15-16H2,1-3H3,(H,29,32). The average Bonchev–Trinajstić information content (AvgIpc) is 3.30. The van der Waals surface area contributed by atoms with Crippen molar-refractivity contribution in [3.63, 3.8) is 0 Å². The van der Waals surface area contributed by atoms with Crippen molar-refractivity contribution in [2.45, 2.75) is 13.0 Å². The SMILES string of the molecule is COc1cc(N2CC(C(=O)NCc3ccc(Oc4ccc(F)cc4)cc3)CC2=O)cc(OC)c1OC. The van der Waals surface area contributed by atoms with Crippen molar-refractivity contribution >= 4 is 17.5 Å². The maximum Gasteiger partial charge on any atom is 0.227 e. The molecule has 1 atom stereocenters. The van der Waals surface area contributed by atoms with E-state index in [1.807, 2.05) is 12.1 Å². The van der Waals surface area contributed by atoms with Crippen LogP contribution in [-0.4, -0.2) is 39.7 Å². The van der Waals surface area contributed by atoms with E-state index in [-0.39, 0.29) is 30.6 Å². The number of amides is 2. The lowest BCUT2D eigenvalue weighted by Gasteiger charge is -2.20. The monoisotopic (exact) mass is 494 g/mol. The molecule has 1 aliphatic heterocycles. The number of hydrogen-bond donors (Lipinski definition) is 1. The smallest absolute Gasteiger partial charge is 0.227 e. The van der Waals surface area contributed by atoms with Crippen LogP contribution in [0.4, 0.5) is 10.1 Å². The van der Waals surface area contributed by atoms with Crippen molar-refractivity contribution in [3.05, 3.63) is 72.0 Å². The maximum atomic E-state index is 13.0. The summed E-state index contributed by atoms with van der Waals surface area (Å²) in [5.41, 5.74) is 1.45. The number of carbonyl (C=O) groups excluding carboxylic acids is 2. The molecular formula is C27H27FN2O6. The molecular weight excluding hydrogens is 467 g/mol. The van der Waals surface area contributed by atoms with Gasteiger partial charge in [-0.15, -0.1) is 0 Å². The van der Waals surface area contributed by atoms with Crippen LogP contribution in [0.15, 0.2) is 60.7 Å². The first-order chi connectivity index (χ1) is 17.4. The second-order valence-corrected chi connectivity index (χ2v) is 8.21. The van der Waals surface area contributed by atoms with Gasteiger partial charge in [-0.25, -0.2) is 4.39 Å².